The minimum atomic E-state index is -0.384. The maximum Gasteiger partial charge on any atom is 0.0629 e. The predicted molar refractivity (Wildman–Crippen MR) is 179 cm³/mol. The summed E-state index contributed by atoms with van der Waals surface area (Å²) in [5.41, 5.74) is 8.72. The van der Waals surface area contributed by atoms with Crippen molar-refractivity contribution >= 4 is 44.3 Å². The molecule has 0 aliphatic carbocycles. The maximum absolute atomic E-state index is 8.66. The molecule has 196 valence electrons. The second-order valence-corrected chi connectivity index (χ2v) is 11.6. The first-order chi connectivity index (χ1) is 22.9. The van der Waals surface area contributed by atoms with Crippen LogP contribution >= 0.6 is 11.8 Å². The fraction of sp³-hybridized carbons (Fsp3) is 0. The van der Waals surface area contributed by atoms with Crippen LogP contribution in [0.3, 0.4) is 0 Å². The van der Waals surface area contributed by atoms with Gasteiger partial charge in [0.1, 0.15) is 0 Å². The first kappa shape index (κ1) is 19.1. The number of nitrogens with zero attached hydrogens (tertiary/aromatic N) is 1. The van der Waals surface area contributed by atoms with Gasteiger partial charge in [-0.25, -0.2) is 0 Å². The standard InChI is InChI=1S/C40H25NS/c1-3-11-26(12-4-1)29-22-24-38-39-32(29)17-10-18-33(39)35-25-27(21-23-37(35)42-38)30-16-9-19-34-31-15-7-8-20-36(31)41(40(30)34)28-13-5-2-6-14-28/h1-25H/i1D,3D,4D,11D,12D. The molecule has 2 heteroatoms. The lowest BCUT2D eigenvalue weighted by molar-refractivity contribution is 1.18. The van der Waals surface area contributed by atoms with Crippen molar-refractivity contribution in [2.24, 2.45) is 0 Å². The summed E-state index contributed by atoms with van der Waals surface area (Å²) in [6.45, 7) is 0. The molecule has 8 aromatic rings. The quantitative estimate of drug-likeness (QED) is 0.209. The third-order valence-electron chi connectivity index (χ3n) is 8.28. The van der Waals surface area contributed by atoms with Crippen molar-refractivity contribution in [3.63, 3.8) is 0 Å². The van der Waals surface area contributed by atoms with Crippen LogP contribution in [0, 0.1) is 0 Å². The molecular formula is C40H25NS. The molecule has 0 spiro atoms. The van der Waals surface area contributed by atoms with Gasteiger partial charge in [0.2, 0.25) is 0 Å². The van der Waals surface area contributed by atoms with E-state index in [0.717, 1.165) is 59.5 Å². The average Bonchev–Trinajstić information content (AvgIpc) is 3.46. The maximum atomic E-state index is 8.66. The summed E-state index contributed by atoms with van der Waals surface area (Å²) >= 11 is 1.70. The topological polar surface area (TPSA) is 4.93 Å². The van der Waals surface area contributed by atoms with Gasteiger partial charge >= 0.3 is 0 Å². The minimum absolute atomic E-state index is 0.190. The van der Waals surface area contributed by atoms with Crippen molar-refractivity contribution in [1.29, 1.82) is 0 Å². The fourth-order valence-electron chi connectivity index (χ4n) is 6.50. The van der Waals surface area contributed by atoms with E-state index < -0.39 is 0 Å². The van der Waals surface area contributed by atoms with Gasteiger partial charge in [-0.1, -0.05) is 127 Å². The molecule has 0 fully saturated rings. The predicted octanol–water partition coefficient (Wildman–Crippen LogP) is 11.4. The van der Waals surface area contributed by atoms with E-state index in [1.165, 1.54) is 10.8 Å². The van der Waals surface area contributed by atoms with E-state index in [9.17, 15) is 0 Å². The van der Waals surface area contributed by atoms with Crippen molar-refractivity contribution in [1.82, 2.24) is 4.57 Å². The summed E-state index contributed by atoms with van der Waals surface area (Å²) in [5, 5.41) is 4.31. The molecule has 0 unspecified atom stereocenters. The van der Waals surface area contributed by atoms with E-state index in [-0.39, 0.29) is 35.8 Å². The summed E-state index contributed by atoms with van der Waals surface area (Å²) in [6.07, 6.45) is 0. The van der Waals surface area contributed by atoms with Crippen LogP contribution < -0.4 is 0 Å². The van der Waals surface area contributed by atoms with Gasteiger partial charge < -0.3 is 4.57 Å². The van der Waals surface area contributed by atoms with Crippen LogP contribution in [0.25, 0.3) is 71.6 Å². The van der Waals surface area contributed by atoms with Gasteiger partial charge in [-0.15, -0.1) is 0 Å². The van der Waals surface area contributed by atoms with Crippen LogP contribution in [-0.2, 0) is 0 Å². The van der Waals surface area contributed by atoms with E-state index in [2.05, 4.69) is 95.6 Å². The van der Waals surface area contributed by atoms with Crippen LogP contribution in [0.15, 0.2) is 161 Å². The van der Waals surface area contributed by atoms with Crippen LogP contribution in [0.5, 0.6) is 0 Å². The zero-order valence-corrected chi connectivity index (χ0v) is 23.2. The molecule has 0 radical (unpaired) electrons. The second-order valence-electron chi connectivity index (χ2n) is 10.5. The first-order valence-electron chi connectivity index (χ1n) is 16.5. The number of hydrogen-bond acceptors (Lipinski definition) is 1. The molecule has 0 atom stereocenters. The summed E-state index contributed by atoms with van der Waals surface area (Å²) in [5.74, 6) is 0. The number of fused-ring (bicyclic) bond motifs is 5. The molecule has 1 nitrogen and oxygen atoms in total. The van der Waals surface area contributed by atoms with Gasteiger partial charge in [0.15, 0.2) is 0 Å². The highest BCUT2D eigenvalue weighted by molar-refractivity contribution is 7.99. The van der Waals surface area contributed by atoms with Crippen molar-refractivity contribution in [2.75, 3.05) is 0 Å². The van der Waals surface area contributed by atoms with Gasteiger partial charge in [0.25, 0.3) is 0 Å². The van der Waals surface area contributed by atoms with E-state index >= 15 is 0 Å². The molecule has 7 aromatic carbocycles. The highest BCUT2D eigenvalue weighted by Crippen LogP contribution is 2.51. The van der Waals surface area contributed by atoms with Gasteiger partial charge in [-0.3, -0.25) is 0 Å². The van der Waals surface area contributed by atoms with Crippen LogP contribution in [-0.4, -0.2) is 4.57 Å². The largest absolute Gasteiger partial charge is 0.309 e. The molecule has 2 heterocycles. The number of rotatable bonds is 3. The lowest BCUT2D eigenvalue weighted by atomic mass is 9.91. The Balaban J connectivity index is 1.29. The molecule has 0 amide bonds. The van der Waals surface area contributed by atoms with E-state index in [4.69, 9.17) is 6.85 Å². The lowest BCUT2D eigenvalue weighted by Gasteiger charge is -2.23. The Morgan fingerprint density at radius 3 is 2.12 bits per heavy atom. The summed E-state index contributed by atoms with van der Waals surface area (Å²) in [7, 11) is 0. The third-order valence-corrected chi connectivity index (χ3v) is 9.42. The Hall–Kier alpha value is -5.05. The van der Waals surface area contributed by atoms with E-state index in [1.54, 1.807) is 11.8 Å². The van der Waals surface area contributed by atoms with Gasteiger partial charge in [-0.05, 0) is 69.6 Å². The zero-order chi connectivity index (χ0) is 32.0. The van der Waals surface area contributed by atoms with E-state index in [1.807, 2.05) is 30.3 Å². The molecule has 1 aliphatic rings. The van der Waals surface area contributed by atoms with E-state index in [0.29, 0.717) is 5.56 Å². The number of aromatic nitrogens is 1. The molecule has 1 aliphatic heterocycles. The molecular weight excluding hydrogens is 527 g/mol. The second kappa shape index (κ2) is 9.24. The monoisotopic (exact) mass is 556 g/mol. The van der Waals surface area contributed by atoms with Gasteiger partial charge in [-0.2, -0.15) is 0 Å². The highest BCUT2D eigenvalue weighted by atomic mass is 32.2. The molecule has 1 aromatic heterocycles. The molecule has 0 N–H and O–H groups in total. The highest BCUT2D eigenvalue weighted by Gasteiger charge is 2.22. The Bertz CT molecular complexity index is 2580. The lowest BCUT2D eigenvalue weighted by Crippen LogP contribution is -1.97. The zero-order valence-electron chi connectivity index (χ0n) is 27.4. The Labute approximate surface area is 255 Å². The van der Waals surface area contributed by atoms with Crippen LogP contribution in [0.2, 0.25) is 0 Å². The SMILES string of the molecule is [2H]c1c([2H])c([2H])c(-c2ccc3c4c(cccc24)-c2cc(-c4cccc5c6ccccc6n(-c6ccccc6)c45)ccc2S3)c([2H])c1[2H]. The van der Waals surface area contributed by atoms with Crippen molar-refractivity contribution in [2.45, 2.75) is 9.79 Å². The Morgan fingerprint density at radius 1 is 0.500 bits per heavy atom. The Morgan fingerprint density at radius 2 is 1.24 bits per heavy atom. The van der Waals surface area contributed by atoms with Crippen LogP contribution in [0.4, 0.5) is 0 Å². The van der Waals surface area contributed by atoms with Crippen molar-refractivity contribution in [3.8, 4) is 39.1 Å². The summed E-state index contributed by atoms with van der Waals surface area (Å²) < 4.78 is 44.3. The number of hydrogen-bond donors (Lipinski definition) is 0. The Kier molecular flexibility index (Phi) is 4.21. The number of para-hydroxylation sites is 3. The van der Waals surface area contributed by atoms with Gasteiger partial charge in [0.05, 0.1) is 17.9 Å². The third kappa shape index (κ3) is 3.46. The first-order valence-corrected chi connectivity index (χ1v) is 14.8. The summed E-state index contributed by atoms with van der Waals surface area (Å²) in [4.78, 5) is 2.23. The molecule has 42 heavy (non-hydrogen) atoms. The average molecular weight is 557 g/mol. The molecule has 0 saturated heterocycles. The van der Waals surface area contributed by atoms with Crippen LogP contribution in [0.1, 0.15) is 6.85 Å². The molecule has 9 rings (SSSR count). The molecule has 0 saturated carbocycles. The number of benzene rings is 7. The molecule has 0 bridgehead atoms. The van der Waals surface area contributed by atoms with Gasteiger partial charge in [0, 0.05) is 37.2 Å². The minimum Gasteiger partial charge on any atom is -0.309 e. The fourth-order valence-corrected chi connectivity index (χ4v) is 7.61. The summed E-state index contributed by atoms with van der Waals surface area (Å²) in [6, 6.07) is 40.9. The normalized spacial score (nSPS) is 13.9. The van der Waals surface area contributed by atoms with Crippen molar-refractivity contribution in [3.05, 3.63) is 152 Å². The smallest absolute Gasteiger partial charge is 0.0629 e. The van der Waals surface area contributed by atoms with Crippen molar-refractivity contribution < 1.29 is 6.85 Å².